The molecule has 0 fully saturated rings. The maximum atomic E-state index is 12.4. The van der Waals surface area contributed by atoms with Gasteiger partial charge in [-0.05, 0) is 35.9 Å². The summed E-state index contributed by atoms with van der Waals surface area (Å²) in [4.78, 5) is 26.3. The van der Waals surface area contributed by atoms with E-state index in [0.29, 0.717) is 10.6 Å². The highest BCUT2D eigenvalue weighted by molar-refractivity contribution is 6.30. The van der Waals surface area contributed by atoms with Crippen LogP contribution in [0, 0.1) is 0 Å². The Morgan fingerprint density at radius 2 is 1.81 bits per heavy atom. The third kappa shape index (κ3) is 2.45. The van der Waals surface area contributed by atoms with E-state index >= 15 is 0 Å². The molecule has 2 aromatic carbocycles. The molecule has 0 saturated carbocycles. The Balaban J connectivity index is 1.86. The molecule has 0 bridgehead atoms. The first-order valence-electron chi connectivity index (χ1n) is 6.73. The molecule has 106 valence electrons. The van der Waals surface area contributed by atoms with Crippen LogP contribution < -0.4 is 4.90 Å². The molecular weight excluding hydrogens is 286 g/mol. The lowest BCUT2D eigenvalue weighted by atomic mass is 9.93. The van der Waals surface area contributed by atoms with Crippen molar-refractivity contribution < 1.29 is 9.59 Å². The number of benzene rings is 2. The zero-order chi connectivity index (χ0) is 15.0. The molecule has 4 heteroatoms. The average molecular weight is 300 g/mol. The SMILES string of the molecule is CN1C(=O)C(CC(=O)c2ccc(Cl)cc2)c2ccccc21. The van der Waals surface area contributed by atoms with Gasteiger partial charge in [0.25, 0.3) is 0 Å². The predicted molar refractivity (Wildman–Crippen MR) is 83.0 cm³/mol. The molecule has 0 spiro atoms. The first kappa shape index (κ1) is 13.8. The van der Waals surface area contributed by atoms with Crippen molar-refractivity contribution >= 4 is 29.0 Å². The van der Waals surface area contributed by atoms with E-state index in [2.05, 4.69) is 0 Å². The van der Waals surface area contributed by atoms with Crippen molar-refractivity contribution in [1.82, 2.24) is 0 Å². The van der Waals surface area contributed by atoms with Crippen molar-refractivity contribution in [2.24, 2.45) is 0 Å². The monoisotopic (exact) mass is 299 g/mol. The van der Waals surface area contributed by atoms with E-state index in [9.17, 15) is 9.59 Å². The maximum absolute atomic E-state index is 12.4. The Bertz CT molecular complexity index is 709. The van der Waals surface area contributed by atoms with Crippen LogP contribution in [0.3, 0.4) is 0 Å². The number of amides is 1. The number of ketones is 1. The van der Waals surface area contributed by atoms with Crippen LogP contribution in [-0.4, -0.2) is 18.7 Å². The van der Waals surface area contributed by atoms with Gasteiger partial charge in [-0.1, -0.05) is 29.8 Å². The van der Waals surface area contributed by atoms with Crippen molar-refractivity contribution in [3.8, 4) is 0 Å². The Morgan fingerprint density at radius 1 is 1.14 bits per heavy atom. The molecule has 0 N–H and O–H groups in total. The minimum Gasteiger partial charge on any atom is -0.315 e. The van der Waals surface area contributed by atoms with Crippen molar-refractivity contribution in [1.29, 1.82) is 0 Å². The summed E-state index contributed by atoms with van der Waals surface area (Å²) in [6.07, 6.45) is 0.182. The number of Topliss-reactive ketones (excluding diaryl/α,β-unsaturated/α-hetero) is 1. The number of halogens is 1. The van der Waals surface area contributed by atoms with Gasteiger partial charge in [0.1, 0.15) is 0 Å². The molecule has 1 atom stereocenters. The lowest BCUT2D eigenvalue weighted by Gasteiger charge is -2.10. The summed E-state index contributed by atoms with van der Waals surface area (Å²) in [5.41, 5.74) is 2.39. The number of nitrogens with zero attached hydrogens (tertiary/aromatic N) is 1. The van der Waals surface area contributed by atoms with Gasteiger partial charge in [0.15, 0.2) is 5.78 Å². The van der Waals surface area contributed by atoms with Crippen LogP contribution in [0.25, 0.3) is 0 Å². The molecule has 1 amide bonds. The third-order valence-corrected chi connectivity index (χ3v) is 4.11. The van der Waals surface area contributed by atoms with Crippen LogP contribution in [0.15, 0.2) is 48.5 Å². The van der Waals surface area contributed by atoms with Crippen LogP contribution in [0.1, 0.15) is 28.3 Å². The van der Waals surface area contributed by atoms with E-state index < -0.39 is 5.92 Å². The van der Waals surface area contributed by atoms with Gasteiger partial charge >= 0.3 is 0 Å². The molecule has 1 heterocycles. The number of anilines is 1. The van der Waals surface area contributed by atoms with Crippen LogP contribution in [0.2, 0.25) is 5.02 Å². The summed E-state index contributed by atoms with van der Waals surface area (Å²) in [6, 6.07) is 14.4. The van der Waals surface area contributed by atoms with Gasteiger partial charge in [0.2, 0.25) is 5.91 Å². The predicted octanol–water partition coefficient (Wildman–Crippen LogP) is 3.67. The van der Waals surface area contributed by atoms with Gasteiger partial charge in [-0.15, -0.1) is 0 Å². The molecule has 0 aromatic heterocycles. The number of carbonyl (C=O) groups excluding carboxylic acids is 2. The fourth-order valence-electron chi connectivity index (χ4n) is 2.71. The van der Waals surface area contributed by atoms with Crippen molar-refractivity contribution in [2.45, 2.75) is 12.3 Å². The fraction of sp³-hybridized carbons (Fsp3) is 0.176. The van der Waals surface area contributed by atoms with E-state index in [0.717, 1.165) is 11.3 Å². The molecule has 1 aliphatic rings. The number of carbonyl (C=O) groups is 2. The molecule has 0 radical (unpaired) electrons. The molecule has 3 rings (SSSR count). The zero-order valence-corrected chi connectivity index (χ0v) is 12.3. The van der Waals surface area contributed by atoms with E-state index in [-0.39, 0.29) is 18.1 Å². The number of rotatable bonds is 3. The summed E-state index contributed by atoms with van der Waals surface area (Å²) in [5, 5.41) is 0.591. The van der Waals surface area contributed by atoms with E-state index in [4.69, 9.17) is 11.6 Å². The van der Waals surface area contributed by atoms with Gasteiger partial charge in [0, 0.05) is 29.7 Å². The fourth-order valence-corrected chi connectivity index (χ4v) is 2.84. The molecule has 2 aromatic rings. The van der Waals surface area contributed by atoms with E-state index in [1.54, 1.807) is 36.2 Å². The number of para-hydroxylation sites is 1. The first-order valence-corrected chi connectivity index (χ1v) is 7.11. The highest BCUT2D eigenvalue weighted by Crippen LogP contribution is 2.38. The molecule has 0 saturated heterocycles. The molecule has 0 aliphatic carbocycles. The smallest absolute Gasteiger partial charge is 0.234 e. The number of hydrogen-bond donors (Lipinski definition) is 0. The summed E-state index contributed by atoms with van der Waals surface area (Å²) in [6.45, 7) is 0. The zero-order valence-electron chi connectivity index (χ0n) is 11.5. The number of likely N-dealkylation sites (N-methyl/N-ethyl adjacent to an activating group) is 1. The van der Waals surface area contributed by atoms with Crippen molar-refractivity contribution in [3.05, 3.63) is 64.7 Å². The number of fused-ring (bicyclic) bond motifs is 1. The van der Waals surface area contributed by atoms with Gasteiger partial charge in [0.05, 0.1) is 5.92 Å². The molecule has 1 unspecified atom stereocenters. The van der Waals surface area contributed by atoms with Crippen LogP contribution in [0.5, 0.6) is 0 Å². The van der Waals surface area contributed by atoms with Gasteiger partial charge in [-0.2, -0.15) is 0 Å². The summed E-state index contributed by atoms with van der Waals surface area (Å²) in [5.74, 6) is -0.469. The first-order chi connectivity index (χ1) is 10.1. The summed E-state index contributed by atoms with van der Waals surface area (Å²) in [7, 11) is 1.74. The quantitative estimate of drug-likeness (QED) is 0.811. The van der Waals surface area contributed by atoms with Crippen molar-refractivity contribution in [2.75, 3.05) is 11.9 Å². The topological polar surface area (TPSA) is 37.4 Å². The second-order valence-corrected chi connectivity index (χ2v) is 5.58. The third-order valence-electron chi connectivity index (χ3n) is 3.86. The Morgan fingerprint density at radius 3 is 2.52 bits per heavy atom. The number of hydrogen-bond acceptors (Lipinski definition) is 2. The lowest BCUT2D eigenvalue weighted by Crippen LogP contribution is -2.25. The largest absolute Gasteiger partial charge is 0.315 e. The van der Waals surface area contributed by atoms with Gasteiger partial charge in [-0.3, -0.25) is 9.59 Å². The lowest BCUT2D eigenvalue weighted by molar-refractivity contribution is -0.119. The van der Waals surface area contributed by atoms with E-state index in [1.807, 2.05) is 24.3 Å². The molecule has 21 heavy (non-hydrogen) atoms. The second kappa shape index (κ2) is 5.34. The Labute approximate surface area is 128 Å². The Kier molecular flexibility index (Phi) is 3.52. The maximum Gasteiger partial charge on any atom is 0.234 e. The second-order valence-electron chi connectivity index (χ2n) is 5.14. The van der Waals surface area contributed by atoms with Gasteiger partial charge in [-0.25, -0.2) is 0 Å². The van der Waals surface area contributed by atoms with E-state index in [1.165, 1.54) is 0 Å². The molecular formula is C17H14ClNO2. The molecule has 3 nitrogen and oxygen atoms in total. The van der Waals surface area contributed by atoms with Gasteiger partial charge < -0.3 is 4.90 Å². The summed E-state index contributed by atoms with van der Waals surface area (Å²) >= 11 is 5.82. The summed E-state index contributed by atoms with van der Waals surface area (Å²) < 4.78 is 0. The minimum atomic E-state index is -0.394. The van der Waals surface area contributed by atoms with Crippen LogP contribution in [-0.2, 0) is 4.79 Å². The molecule has 1 aliphatic heterocycles. The van der Waals surface area contributed by atoms with Crippen molar-refractivity contribution in [3.63, 3.8) is 0 Å². The highest BCUT2D eigenvalue weighted by atomic mass is 35.5. The van der Waals surface area contributed by atoms with Crippen LogP contribution >= 0.6 is 11.6 Å². The standard InChI is InChI=1S/C17H14ClNO2/c1-19-15-5-3-2-4-13(15)14(17(19)21)10-16(20)11-6-8-12(18)9-7-11/h2-9,14H,10H2,1H3. The average Bonchev–Trinajstić information content (AvgIpc) is 2.73. The van der Waals surface area contributed by atoms with Crippen LogP contribution in [0.4, 0.5) is 5.69 Å². The minimum absolute atomic E-state index is 0.0292. The normalized spacial score (nSPS) is 17.0. The Hall–Kier alpha value is -2.13. The highest BCUT2D eigenvalue weighted by Gasteiger charge is 2.36.